The third-order valence-electron chi connectivity index (χ3n) is 3.41. The zero-order valence-electron chi connectivity index (χ0n) is 16.9. The van der Waals surface area contributed by atoms with E-state index < -0.39 is 6.09 Å². The van der Waals surface area contributed by atoms with Gasteiger partial charge in [-0.15, -0.1) is 0 Å². The van der Waals surface area contributed by atoms with Gasteiger partial charge in [0, 0.05) is 24.4 Å². The number of thioether (sulfide) groups is 1. The van der Waals surface area contributed by atoms with E-state index in [1.54, 1.807) is 6.07 Å². The summed E-state index contributed by atoms with van der Waals surface area (Å²) < 4.78 is 9.07. The van der Waals surface area contributed by atoms with Crippen molar-refractivity contribution in [1.82, 2.24) is 20.4 Å². The summed E-state index contributed by atoms with van der Waals surface area (Å²) in [5.41, 5.74) is 5.39. The van der Waals surface area contributed by atoms with Crippen molar-refractivity contribution in [3.63, 3.8) is 0 Å². The average molecular weight is 451 g/mol. The summed E-state index contributed by atoms with van der Waals surface area (Å²) in [4.78, 5) is 46.2. The second kappa shape index (κ2) is 11.4. The topological polar surface area (TPSA) is 177 Å². The lowest BCUT2D eigenvalue weighted by Gasteiger charge is -2.11. The minimum atomic E-state index is -0.756. The fraction of sp³-hybridized carbons (Fsp3) is 0.294. The van der Waals surface area contributed by atoms with Gasteiger partial charge in [-0.25, -0.2) is 10.2 Å². The number of esters is 1. The monoisotopic (exact) mass is 451 g/mol. The second-order valence-electron chi connectivity index (χ2n) is 5.72. The molecule has 1 aromatic carbocycles. The van der Waals surface area contributed by atoms with Crippen molar-refractivity contribution in [2.45, 2.75) is 18.5 Å². The van der Waals surface area contributed by atoms with Crippen LogP contribution in [-0.2, 0) is 19.1 Å². The molecule has 166 valence electrons. The number of ether oxygens (including phenoxy) is 2. The van der Waals surface area contributed by atoms with Crippen LogP contribution in [0.3, 0.4) is 0 Å². The molecule has 5 N–H and O–H groups in total. The van der Waals surface area contributed by atoms with Gasteiger partial charge in [-0.05, 0) is 12.1 Å². The molecule has 0 unspecified atom stereocenters. The summed E-state index contributed by atoms with van der Waals surface area (Å²) in [5.74, 6) is -0.408. The molecule has 1 heterocycles. The molecule has 0 aliphatic heterocycles. The minimum absolute atomic E-state index is 0.00237. The Labute approximate surface area is 181 Å². The van der Waals surface area contributed by atoms with E-state index in [9.17, 15) is 19.5 Å². The highest BCUT2D eigenvalue weighted by Gasteiger charge is 2.11. The van der Waals surface area contributed by atoms with Crippen molar-refractivity contribution in [2.75, 3.05) is 36.0 Å². The molecule has 0 fully saturated rings. The molecular weight excluding hydrogens is 430 g/mol. The van der Waals surface area contributed by atoms with Crippen molar-refractivity contribution in [3.05, 3.63) is 18.2 Å². The third-order valence-corrected chi connectivity index (χ3v) is 4.26. The predicted molar refractivity (Wildman–Crippen MR) is 112 cm³/mol. The Morgan fingerprint density at radius 1 is 1.10 bits per heavy atom. The van der Waals surface area contributed by atoms with Crippen LogP contribution in [0.5, 0.6) is 5.75 Å². The number of hydrogen-bond donors (Lipinski definition) is 5. The number of carbonyl (C=O) groups excluding carboxylic acids is 3. The van der Waals surface area contributed by atoms with Crippen molar-refractivity contribution >= 4 is 53.0 Å². The van der Waals surface area contributed by atoms with Gasteiger partial charge in [0.25, 0.3) is 0 Å². The first-order chi connectivity index (χ1) is 14.8. The molecule has 0 saturated heterocycles. The lowest BCUT2D eigenvalue weighted by molar-refractivity contribution is -0.140. The van der Waals surface area contributed by atoms with Crippen LogP contribution in [0, 0.1) is 0 Å². The van der Waals surface area contributed by atoms with Crippen molar-refractivity contribution in [3.8, 4) is 5.75 Å². The van der Waals surface area contributed by atoms with Crippen LogP contribution < -0.4 is 21.5 Å². The van der Waals surface area contributed by atoms with Crippen LogP contribution in [0.1, 0.15) is 13.3 Å². The maximum absolute atomic E-state index is 11.3. The highest BCUT2D eigenvalue weighted by molar-refractivity contribution is 7.99. The van der Waals surface area contributed by atoms with Crippen molar-refractivity contribution < 1.29 is 29.0 Å². The number of aromatic nitrogens is 3. The van der Waals surface area contributed by atoms with Gasteiger partial charge in [-0.1, -0.05) is 11.8 Å². The standard InChI is InChI=1S/C17H21N7O6S/c1-9(25)18-11-5-4-10(8-12(11)26)19-14-20-15(23-24-17(28)30-3)22-16(21-14)31-7-6-13(27)29-2/h4-5,8,26H,6-7H2,1-3H3,(H,18,25)(H,24,28)(H2,19,20,21,22,23). The number of amides is 2. The maximum Gasteiger partial charge on any atom is 0.425 e. The first-order valence-corrected chi connectivity index (χ1v) is 9.72. The maximum atomic E-state index is 11.3. The number of anilines is 4. The normalized spacial score (nSPS) is 10.0. The van der Waals surface area contributed by atoms with Crippen LogP contribution in [-0.4, -0.2) is 58.0 Å². The number of methoxy groups -OCH3 is 2. The number of carbonyl (C=O) groups is 3. The van der Waals surface area contributed by atoms with Gasteiger partial charge in [0.15, 0.2) is 5.16 Å². The molecule has 0 saturated carbocycles. The molecule has 0 radical (unpaired) electrons. The Hall–Kier alpha value is -3.81. The van der Waals surface area contributed by atoms with E-state index in [-0.39, 0.29) is 46.8 Å². The Bertz CT molecular complexity index is 959. The molecule has 0 spiro atoms. The van der Waals surface area contributed by atoms with Crippen LogP contribution >= 0.6 is 11.8 Å². The molecule has 1 aromatic heterocycles. The summed E-state index contributed by atoms with van der Waals surface area (Å²) in [5, 5.41) is 15.7. The highest BCUT2D eigenvalue weighted by atomic mass is 32.2. The summed E-state index contributed by atoms with van der Waals surface area (Å²) in [7, 11) is 2.49. The third kappa shape index (κ3) is 7.85. The quantitative estimate of drug-likeness (QED) is 0.161. The molecule has 2 amide bonds. The molecule has 13 nitrogen and oxygen atoms in total. The van der Waals surface area contributed by atoms with E-state index >= 15 is 0 Å². The zero-order valence-corrected chi connectivity index (χ0v) is 17.7. The Balaban J connectivity index is 2.20. The smallest absolute Gasteiger partial charge is 0.425 e. The number of phenolic OH excluding ortho intramolecular Hbond substituents is 1. The number of nitrogens with zero attached hydrogens (tertiary/aromatic N) is 3. The molecule has 0 aliphatic carbocycles. The minimum Gasteiger partial charge on any atom is -0.506 e. The first kappa shape index (κ1) is 23.5. The molecule has 0 aliphatic rings. The van der Waals surface area contributed by atoms with Gasteiger partial charge in [-0.3, -0.25) is 15.0 Å². The van der Waals surface area contributed by atoms with E-state index in [0.717, 1.165) is 0 Å². The first-order valence-electron chi connectivity index (χ1n) is 8.74. The number of aromatic hydroxyl groups is 1. The lowest BCUT2D eigenvalue weighted by Crippen LogP contribution is -2.30. The fourth-order valence-corrected chi connectivity index (χ4v) is 2.81. The molecule has 2 rings (SSSR count). The fourth-order valence-electron chi connectivity index (χ4n) is 2.05. The van der Waals surface area contributed by atoms with Gasteiger partial charge in [0.05, 0.1) is 26.3 Å². The van der Waals surface area contributed by atoms with Crippen molar-refractivity contribution in [1.29, 1.82) is 0 Å². The SMILES string of the molecule is COC(=O)CCSc1nc(NNC(=O)OC)nc(Nc2ccc(NC(C)=O)c(O)c2)n1. The lowest BCUT2D eigenvalue weighted by atomic mass is 10.2. The van der Waals surface area contributed by atoms with E-state index in [1.807, 2.05) is 0 Å². The summed E-state index contributed by atoms with van der Waals surface area (Å²) in [6.45, 7) is 1.33. The molecule has 0 atom stereocenters. The zero-order chi connectivity index (χ0) is 22.8. The number of hydrogen-bond acceptors (Lipinski definition) is 12. The molecular formula is C17H21N7O6S. The van der Waals surface area contributed by atoms with Crippen LogP contribution in [0.2, 0.25) is 0 Å². The van der Waals surface area contributed by atoms with Crippen LogP contribution in [0.25, 0.3) is 0 Å². The molecule has 2 aromatic rings. The second-order valence-corrected chi connectivity index (χ2v) is 6.78. The number of phenols is 1. The summed E-state index contributed by atoms with van der Waals surface area (Å²) in [6.07, 6.45) is -0.606. The van der Waals surface area contributed by atoms with Gasteiger partial charge in [-0.2, -0.15) is 15.0 Å². The number of nitrogens with one attached hydrogen (secondary N) is 4. The van der Waals surface area contributed by atoms with Gasteiger partial charge in [0.2, 0.25) is 17.8 Å². The van der Waals surface area contributed by atoms with Crippen LogP contribution in [0.15, 0.2) is 23.4 Å². The van der Waals surface area contributed by atoms with Crippen LogP contribution in [0.4, 0.5) is 28.1 Å². The van der Waals surface area contributed by atoms with E-state index in [1.165, 1.54) is 45.0 Å². The Morgan fingerprint density at radius 3 is 2.48 bits per heavy atom. The van der Waals surface area contributed by atoms with Gasteiger partial charge >= 0.3 is 12.1 Å². The largest absolute Gasteiger partial charge is 0.506 e. The van der Waals surface area contributed by atoms with E-state index in [2.05, 4.69) is 45.9 Å². The van der Waals surface area contributed by atoms with Gasteiger partial charge < -0.3 is 25.2 Å². The predicted octanol–water partition coefficient (Wildman–Crippen LogP) is 1.62. The van der Waals surface area contributed by atoms with E-state index in [4.69, 9.17) is 0 Å². The van der Waals surface area contributed by atoms with Gasteiger partial charge in [0.1, 0.15) is 5.75 Å². The summed E-state index contributed by atoms with van der Waals surface area (Å²) in [6, 6.07) is 4.47. The average Bonchev–Trinajstić information content (AvgIpc) is 2.73. The Morgan fingerprint density at radius 2 is 1.84 bits per heavy atom. The Kier molecular flexibility index (Phi) is 8.63. The summed E-state index contributed by atoms with van der Waals surface area (Å²) >= 11 is 1.17. The number of hydrazine groups is 1. The number of rotatable bonds is 9. The molecule has 14 heteroatoms. The highest BCUT2D eigenvalue weighted by Crippen LogP contribution is 2.28. The molecule has 0 bridgehead atoms. The molecule has 31 heavy (non-hydrogen) atoms. The van der Waals surface area contributed by atoms with E-state index in [0.29, 0.717) is 11.4 Å². The number of benzene rings is 1. The van der Waals surface area contributed by atoms with Crippen molar-refractivity contribution in [2.24, 2.45) is 0 Å².